The number of primary amides is 2. The number of carbonyl (C=O) groups is 3. The number of nitrogens with two attached hydrogens (primary N) is 2. The van der Waals surface area contributed by atoms with E-state index >= 15 is 0 Å². The maximum absolute atomic E-state index is 12.3. The topological polar surface area (TPSA) is 116 Å². The molecule has 2 rings (SSSR count). The molecule has 1 saturated heterocycles. The molecule has 0 spiro atoms. The maximum atomic E-state index is 12.3. The number of hydrogen-bond donors (Lipinski definition) is 2. The predicted molar refractivity (Wildman–Crippen MR) is 84.0 cm³/mol. The van der Waals surface area contributed by atoms with Gasteiger partial charge < -0.3 is 21.1 Å². The summed E-state index contributed by atoms with van der Waals surface area (Å²) in [4.78, 5) is 36.5. The summed E-state index contributed by atoms with van der Waals surface area (Å²) in [5, 5.41) is 0.335. The minimum Gasteiger partial charge on any atom is -0.483 e. The van der Waals surface area contributed by atoms with Crippen LogP contribution in [0.2, 0.25) is 5.02 Å². The van der Waals surface area contributed by atoms with Crippen LogP contribution in [0.1, 0.15) is 29.6 Å². The Labute approximate surface area is 138 Å². The average Bonchev–Trinajstić information content (AvgIpc) is 2.53. The van der Waals surface area contributed by atoms with E-state index in [0.717, 1.165) is 12.8 Å². The van der Waals surface area contributed by atoms with E-state index in [1.54, 1.807) is 0 Å². The molecule has 1 unspecified atom stereocenters. The van der Waals surface area contributed by atoms with Crippen molar-refractivity contribution in [2.75, 3.05) is 13.2 Å². The molecular formula is C15H18ClN3O4. The van der Waals surface area contributed by atoms with Gasteiger partial charge in [-0.25, -0.2) is 0 Å². The molecule has 1 aliphatic rings. The Morgan fingerprint density at radius 1 is 1.26 bits per heavy atom. The van der Waals surface area contributed by atoms with Crippen molar-refractivity contribution in [2.45, 2.75) is 25.3 Å². The van der Waals surface area contributed by atoms with Gasteiger partial charge in [-0.2, -0.15) is 0 Å². The largest absolute Gasteiger partial charge is 0.483 e. The molecule has 8 heteroatoms. The average molecular weight is 340 g/mol. The monoisotopic (exact) mass is 339 g/mol. The highest BCUT2D eigenvalue weighted by Crippen LogP contribution is 2.23. The Morgan fingerprint density at radius 3 is 2.65 bits per heavy atom. The summed E-state index contributed by atoms with van der Waals surface area (Å²) >= 11 is 5.81. The molecule has 1 heterocycles. The van der Waals surface area contributed by atoms with Crippen molar-refractivity contribution >= 4 is 29.3 Å². The van der Waals surface area contributed by atoms with Gasteiger partial charge in [-0.05, 0) is 37.5 Å². The number of rotatable bonds is 5. The number of benzene rings is 1. The lowest BCUT2D eigenvalue weighted by molar-refractivity contribution is -0.142. The molecule has 0 saturated carbocycles. The molecule has 3 amide bonds. The first-order chi connectivity index (χ1) is 10.9. The van der Waals surface area contributed by atoms with Crippen molar-refractivity contribution in [2.24, 2.45) is 11.5 Å². The van der Waals surface area contributed by atoms with E-state index in [0.29, 0.717) is 18.0 Å². The second kappa shape index (κ2) is 7.32. The molecule has 23 heavy (non-hydrogen) atoms. The van der Waals surface area contributed by atoms with Gasteiger partial charge in [0.2, 0.25) is 5.91 Å². The SMILES string of the molecule is NC(=O)c1cc(Cl)ccc1OCC(=O)N1CCCCC1C(N)=O. The van der Waals surface area contributed by atoms with Crippen LogP contribution in [0.4, 0.5) is 0 Å². The predicted octanol–water partition coefficient (Wildman–Crippen LogP) is 0.684. The lowest BCUT2D eigenvalue weighted by atomic mass is 10.0. The van der Waals surface area contributed by atoms with E-state index in [1.807, 2.05) is 0 Å². The van der Waals surface area contributed by atoms with Crippen LogP contribution >= 0.6 is 11.6 Å². The first kappa shape index (κ1) is 17.1. The third kappa shape index (κ3) is 4.13. The third-order valence-corrected chi connectivity index (χ3v) is 3.94. The summed E-state index contributed by atoms with van der Waals surface area (Å²) in [6.07, 6.45) is 2.21. The minimum atomic E-state index is -0.706. The van der Waals surface area contributed by atoms with Crippen molar-refractivity contribution in [3.63, 3.8) is 0 Å². The minimum absolute atomic E-state index is 0.0930. The zero-order chi connectivity index (χ0) is 17.0. The first-order valence-electron chi connectivity index (χ1n) is 7.21. The highest BCUT2D eigenvalue weighted by atomic mass is 35.5. The van der Waals surface area contributed by atoms with Crippen LogP contribution in [0, 0.1) is 0 Å². The van der Waals surface area contributed by atoms with Crippen LogP contribution in [0.15, 0.2) is 18.2 Å². The Morgan fingerprint density at radius 2 is 2.00 bits per heavy atom. The van der Waals surface area contributed by atoms with Crippen LogP contribution in [0.25, 0.3) is 0 Å². The van der Waals surface area contributed by atoms with Crippen LogP contribution in [0.3, 0.4) is 0 Å². The van der Waals surface area contributed by atoms with E-state index < -0.39 is 17.9 Å². The molecular weight excluding hydrogens is 322 g/mol. The van der Waals surface area contributed by atoms with Crippen molar-refractivity contribution in [1.82, 2.24) is 4.90 Å². The number of hydrogen-bond acceptors (Lipinski definition) is 4. The molecule has 7 nitrogen and oxygen atoms in total. The van der Waals surface area contributed by atoms with Crippen molar-refractivity contribution in [3.8, 4) is 5.75 Å². The Bertz CT molecular complexity index is 635. The molecule has 1 fully saturated rings. The summed E-state index contributed by atoms with van der Waals surface area (Å²) in [5.41, 5.74) is 10.7. The van der Waals surface area contributed by atoms with Crippen molar-refractivity contribution in [3.05, 3.63) is 28.8 Å². The third-order valence-electron chi connectivity index (χ3n) is 3.71. The molecule has 124 valence electrons. The van der Waals surface area contributed by atoms with Gasteiger partial charge in [-0.3, -0.25) is 14.4 Å². The number of piperidine rings is 1. The summed E-state index contributed by atoms with van der Waals surface area (Å²) in [6, 6.07) is 3.76. The molecule has 0 aromatic heterocycles. The highest BCUT2D eigenvalue weighted by Gasteiger charge is 2.30. The Hall–Kier alpha value is -2.28. The summed E-state index contributed by atoms with van der Waals surface area (Å²) in [7, 11) is 0. The number of amides is 3. The van der Waals surface area contributed by atoms with Crippen LogP contribution in [-0.4, -0.2) is 41.8 Å². The fraction of sp³-hybridized carbons (Fsp3) is 0.400. The highest BCUT2D eigenvalue weighted by molar-refractivity contribution is 6.31. The zero-order valence-electron chi connectivity index (χ0n) is 12.5. The lowest BCUT2D eigenvalue weighted by Gasteiger charge is -2.33. The normalized spacial score (nSPS) is 17.6. The van der Waals surface area contributed by atoms with Gasteiger partial charge in [0.1, 0.15) is 11.8 Å². The van der Waals surface area contributed by atoms with Gasteiger partial charge in [0.05, 0.1) is 5.56 Å². The van der Waals surface area contributed by atoms with Gasteiger partial charge in [0.15, 0.2) is 6.61 Å². The van der Waals surface area contributed by atoms with E-state index in [2.05, 4.69) is 0 Å². The van der Waals surface area contributed by atoms with Gasteiger partial charge in [0.25, 0.3) is 11.8 Å². The molecule has 0 radical (unpaired) electrons. The summed E-state index contributed by atoms with van der Waals surface area (Å²) in [5.74, 6) is -1.42. The standard InChI is InChI=1S/C15H18ClN3O4/c16-9-4-5-12(10(7-9)14(17)21)23-8-13(20)19-6-2-1-3-11(19)15(18)22/h4-5,7,11H,1-3,6,8H2,(H2,17,21)(H2,18,22). The summed E-state index contributed by atoms with van der Waals surface area (Å²) < 4.78 is 5.39. The van der Waals surface area contributed by atoms with E-state index in [1.165, 1.54) is 23.1 Å². The summed E-state index contributed by atoms with van der Waals surface area (Å²) in [6.45, 7) is 0.144. The van der Waals surface area contributed by atoms with E-state index in [4.69, 9.17) is 27.8 Å². The van der Waals surface area contributed by atoms with E-state index in [-0.39, 0.29) is 23.8 Å². The van der Waals surface area contributed by atoms with Crippen molar-refractivity contribution < 1.29 is 19.1 Å². The number of ether oxygens (including phenoxy) is 1. The number of likely N-dealkylation sites (tertiary alicyclic amines) is 1. The van der Waals surface area contributed by atoms with Crippen LogP contribution in [0.5, 0.6) is 5.75 Å². The number of halogens is 1. The zero-order valence-corrected chi connectivity index (χ0v) is 13.2. The Balaban J connectivity index is 2.07. The molecule has 1 aromatic carbocycles. The number of nitrogens with zero attached hydrogens (tertiary/aromatic N) is 1. The van der Waals surface area contributed by atoms with Crippen molar-refractivity contribution in [1.29, 1.82) is 0 Å². The molecule has 1 aliphatic heterocycles. The quantitative estimate of drug-likeness (QED) is 0.820. The molecule has 0 aliphatic carbocycles. The van der Waals surface area contributed by atoms with Crippen LogP contribution < -0.4 is 16.2 Å². The smallest absolute Gasteiger partial charge is 0.261 e. The fourth-order valence-electron chi connectivity index (χ4n) is 2.57. The Kier molecular flexibility index (Phi) is 5.44. The first-order valence-corrected chi connectivity index (χ1v) is 7.59. The number of carbonyl (C=O) groups excluding carboxylic acids is 3. The molecule has 1 atom stereocenters. The second-order valence-corrected chi connectivity index (χ2v) is 5.73. The van der Waals surface area contributed by atoms with Gasteiger partial charge in [0, 0.05) is 11.6 Å². The lowest BCUT2D eigenvalue weighted by Crippen LogP contribution is -2.51. The second-order valence-electron chi connectivity index (χ2n) is 5.29. The van der Waals surface area contributed by atoms with Gasteiger partial charge >= 0.3 is 0 Å². The maximum Gasteiger partial charge on any atom is 0.261 e. The van der Waals surface area contributed by atoms with Gasteiger partial charge in [-0.15, -0.1) is 0 Å². The molecule has 4 N–H and O–H groups in total. The van der Waals surface area contributed by atoms with Crippen LogP contribution in [-0.2, 0) is 9.59 Å². The van der Waals surface area contributed by atoms with E-state index in [9.17, 15) is 14.4 Å². The molecule has 1 aromatic rings. The fourth-order valence-corrected chi connectivity index (χ4v) is 2.74. The molecule has 0 bridgehead atoms. The van der Waals surface area contributed by atoms with Gasteiger partial charge in [-0.1, -0.05) is 11.6 Å².